The van der Waals surface area contributed by atoms with Crippen LogP contribution in [-0.4, -0.2) is 10.1 Å². The van der Waals surface area contributed by atoms with Gasteiger partial charge >= 0.3 is 0 Å². The Labute approximate surface area is 93.5 Å². The molecule has 0 bridgehead atoms. The van der Waals surface area contributed by atoms with E-state index in [1.54, 1.807) is 26.2 Å². The Morgan fingerprint density at radius 2 is 1.93 bits per heavy atom. The molecular formula is C11H16BrNO. The molecule has 3 heteroatoms. The molecule has 1 aromatic heterocycles. The van der Waals surface area contributed by atoms with Gasteiger partial charge in [-0.3, -0.25) is 4.98 Å². The highest BCUT2D eigenvalue weighted by Crippen LogP contribution is 2.33. The highest BCUT2D eigenvalue weighted by Gasteiger charge is 2.23. The van der Waals surface area contributed by atoms with Gasteiger partial charge in [-0.25, -0.2) is 0 Å². The maximum atomic E-state index is 9.98. The molecular weight excluding hydrogens is 242 g/mol. The third-order valence-electron chi connectivity index (χ3n) is 2.18. The van der Waals surface area contributed by atoms with Gasteiger partial charge in [0.2, 0.25) is 0 Å². The van der Waals surface area contributed by atoms with Crippen LogP contribution in [0.1, 0.15) is 44.7 Å². The second-order valence-electron chi connectivity index (χ2n) is 4.30. The van der Waals surface area contributed by atoms with Gasteiger partial charge in [-0.1, -0.05) is 13.8 Å². The van der Waals surface area contributed by atoms with E-state index in [-0.39, 0.29) is 0 Å². The fourth-order valence-electron chi connectivity index (χ4n) is 1.52. The van der Waals surface area contributed by atoms with Crippen LogP contribution in [0.3, 0.4) is 0 Å². The molecule has 0 aliphatic carbocycles. The first-order chi connectivity index (χ1) is 6.34. The van der Waals surface area contributed by atoms with Gasteiger partial charge in [0.15, 0.2) is 0 Å². The third kappa shape index (κ3) is 2.34. The molecule has 2 nitrogen and oxygen atoms in total. The molecule has 0 saturated heterocycles. The van der Waals surface area contributed by atoms with Crippen molar-refractivity contribution in [3.63, 3.8) is 0 Å². The molecule has 0 aromatic carbocycles. The van der Waals surface area contributed by atoms with Crippen LogP contribution in [-0.2, 0) is 5.60 Å². The van der Waals surface area contributed by atoms with Crippen LogP contribution >= 0.6 is 15.9 Å². The van der Waals surface area contributed by atoms with Crippen molar-refractivity contribution in [3.05, 3.63) is 28.0 Å². The zero-order chi connectivity index (χ0) is 10.9. The molecule has 0 spiro atoms. The van der Waals surface area contributed by atoms with E-state index < -0.39 is 5.60 Å². The number of nitrogens with zero attached hydrogens (tertiary/aromatic N) is 1. The zero-order valence-electron chi connectivity index (χ0n) is 9.00. The van der Waals surface area contributed by atoms with Gasteiger partial charge in [-0.15, -0.1) is 0 Å². The van der Waals surface area contributed by atoms with E-state index in [0.29, 0.717) is 5.92 Å². The number of hydrogen-bond acceptors (Lipinski definition) is 2. The van der Waals surface area contributed by atoms with Crippen molar-refractivity contribution in [2.45, 2.75) is 39.2 Å². The number of pyridine rings is 1. The predicted octanol–water partition coefficient (Wildman–Crippen LogP) is 3.19. The zero-order valence-corrected chi connectivity index (χ0v) is 10.6. The molecule has 0 aliphatic rings. The Bertz CT molecular complexity index is 329. The summed E-state index contributed by atoms with van der Waals surface area (Å²) in [5.41, 5.74) is 1.19. The minimum atomic E-state index is -0.837. The minimum absolute atomic E-state index is 0.369. The van der Waals surface area contributed by atoms with E-state index >= 15 is 0 Å². The van der Waals surface area contributed by atoms with E-state index in [2.05, 4.69) is 34.8 Å². The maximum absolute atomic E-state index is 9.98. The molecule has 1 rings (SSSR count). The number of hydrogen-bond donors (Lipinski definition) is 1. The van der Waals surface area contributed by atoms with Crippen molar-refractivity contribution in [2.75, 3.05) is 0 Å². The van der Waals surface area contributed by atoms with Crippen molar-refractivity contribution in [1.29, 1.82) is 0 Å². The number of aliphatic hydroxyl groups is 1. The summed E-state index contributed by atoms with van der Waals surface area (Å²) < 4.78 is 0.965. The molecule has 1 aromatic rings. The summed E-state index contributed by atoms with van der Waals surface area (Å²) in [5, 5.41) is 9.98. The topological polar surface area (TPSA) is 33.1 Å². The Hall–Kier alpha value is -0.410. The van der Waals surface area contributed by atoms with Crippen LogP contribution in [0.4, 0.5) is 0 Å². The van der Waals surface area contributed by atoms with Gasteiger partial charge < -0.3 is 5.11 Å². The number of halogens is 1. The summed E-state index contributed by atoms with van der Waals surface area (Å²) in [6.45, 7) is 7.77. The van der Waals surface area contributed by atoms with Crippen molar-refractivity contribution in [3.8, 4) is 0 Å². The molecule has 0 saturated carbocycles. The van der Waals surface area contributed by atoms with Crippen molar-refractivity contribution in [2.24, 2.45) is 0 Å². The lowest BCUT2D eigenvalue weighted by atomic mass is 9.90. The molecule has 0 atom stereocenters. The van der Waals surface area contributed by atoms with Crippen molar-refractivity contribution in [1.82, 2.24) is 4.98 Å². The quantitative estimate of drug-likeness (QED) is 0.883. The molecule has 78 valence electrons. The fraction of sp³-hybridized carbons (Fsp3) is 0.545. The van der Waals surface area contributed by atoms with Crippen LogP contribution < -0.4 is 0 Å². The second-order valence-corrected chi connectivity index (χ2v) is 5.15. The summed E-state index contributed by atoms with van der Waals surface area (Å²) >= 11 is 3.47. The molecule has 0 radical (unpaired) electrons. The normalized spacial score (nSPS) is 12.2. The van der Waals surface area contributed by atoms with E-state index in [9.17, 15) is 5.11 Å². The average molecular weight is 258 g/mol. The largest absolute Gasteiger partial charge is 0.386 e. The highest BCUT2D eigenvalue weighted by atomic mass is 79.9. The lowest BCUT2D eigenvalue weighted by Gasteiger charge is -2.23. The van der Waals surface area contributed by atoms with Crippen LogP contribution in [0.15, 0.2) is 16.9 Å². The van der Waals surface area contributed by atoms with Crippen LogP contribution in [0, 0.1) is 0 Å². The van der Waals surface area contributed by atoms with Crippen LogP contribution in [0.2, 0.25) is 0 Å². The standard InChI is InChI=1S/C11H16BrNO/c1-7(2)10-8(11(3,4)14)5-13-6-9(10)12/h5-7,14H,1-4H3. The highest BCUT2D eigenvalue weighted by molar-refractivity contribution is 9.10. The molecule has 14 heavy (non-hydrogen) atoms. The fourth-order valence-corrected chi connectivity index (χ4v) is 2.31. The lowest BCUT2D eigenvalue weighted by molar-refractivity contribution is 0.0768. The maximum Gasteiger partial charge on any atom is 0.0858 e. The predicted molar refractivity (Wildman–Crippen MR) is 61.3 cm³/mol. The first kappa shape index (κ1) is 11.7. The summed E-state index contributed by atoms with van der Waals surface area (Å²) in [6, 6.07) is 0. The molecule has 1 N–H and O–H groups in total. The Kier molecular flexibility index (Phi) is 3.32. The number of aromatic nitrogens is 1. The average Bonchev–Trinajstić information content (AvgIpc) is 2.01. The second kappa shape index (κ2) is 3.99. The minimum Gasteiger partial charge on any atom is -0.386 e. The van der Waals surface area contributed by atoms with E-state index in [4.69, 9.17) is 0 Å². The van der Waals surface area contributed by atoms with Crippen molar-refractivity contribution < 1.29 is 5.11 Å². The SMILES string of the molecule is CC(C)c1c(Br)cncc1C(C)(C)O. The summed E-state index contributed by atoms with van der Waals surface area (Å²) in [6.07, 6.45) is 3.50. The summed E-state index contributed by atoms with van der Waals surface area (Å²) in [5.74, 6) is 0.369. The monoisotopic (exact) mass is 257 g/mol. The van der Waals surface area contributed by atoms with Gasteiger partial charge in [0.05, 0.1) is 5.60 Å². The third-order valence-corrected chi connectivity index (χ3v) is 2.81. The van der Waals surface area contributed by atoms with Gasteiger partial charge in [0.25, 0.3) is 0 Å². The lowest BCUT2D eigenvalue weighted by Crippen LogP contribution is -2.19. The van der Waals surface area contributed by atoms with Gasteiger partial charge in [-0.05, 0) is 41.3 Å². The molecule has 1 heterocycles. The summed E-state index contributed by atoms with van der Waals surface area (Å²) in [4.78, 5) is 4.09. The smallest absolute Gasteiger partial charge is 0.0858 e. The molecule has 0 unspecified atom stereocenters. The van der Waals surface area contributed by atoms with Gasteiger partial charge in [0, 0.05) is 22.4 Å². The first-order valence-corrected chi connectivity index (χ1v) is 5.49. The molecule has 0 amide bonds. The first-order valence-electron chi connectivity index (χ1n) is 4.70. The molecule has 0 fully saturated rings. The summed E-state index contributed by atoms with van der Waals surface area (Å²) in [7, 11) is 0. The van der Waals surface area contributed by atoms with Crippen LogP contribution in [0.25, 0.3) is 0 Å². The van der Waals surface area contributed by atoms with Gasteiger partial charge in [0.1, 0.15) is 0 Å². The van der Waals surface area contributed by atoms with Gasteiger partial charge in [-0.2, -0.15) is 0 Å². The van der Waals surface area contributed by atoms with Crippen molar-refractivity contribution >= 4 is 15.9 Å². The Morgan fingerprint density at radius 3 is 2.29 bits per heavy atom. The number of rotatable bonds is 2. The Morgan fingerprint density at radius 1 is 1.36 bits per heavy atom. The van der Waals surface area contributed by atoms with E-state index in [1.165, 1.54) is 0 Å². The molecule has 0 aliphatic heterocycles. The van der Waals surface area contributed by atoms with E-state index in [1.807, 2.05) is 0 Å². The Balaban J connectivity index is 3.36. The van der Waals surface area contributed by atoms with Crippen LogP contribution in [0.5, 0.6) is 0 Å². The van der Waals surface area contributed by atoms with E-state index in [0.717, 1.165) is 15.6 Å².